The fourth-order valence-electron chi connectivity index (χ4n) is 2.93. The van der Waals surface area contributed by atoms with E-state index in [9.17, 15) is 18.8 Å². The van der Waals surface area contributed by atoms with Gasteiger partial charge in [0.1, 0.15) is 19.0 Å². The molecule has 3 rings (SSSR count). The Hall–Kier alpha value is -2.85. The van der Waals surface area contributed by atoms with Crippen LogP contribution >= 0.6 is 27.7 Å². The van der Waals surface area contributed by atoms with Crippen LogP contribution in [-0.4, -0.2) is 41.8 Å². The van der Waals surface area contributed by atoms with E-state index in [0.717, 1.165) is 16.7 Å². The van der Waals surface area contributed by atoms with Gasteiger partial charge < -0.3 is 14.2 Å². The van der Waals surface area contributed by atoms with Gasteiger partial charge in [0.25, 0.3) is 11.1 Å². The average molecular weight is 538 g/mol. The summed E-state index contributed by atoms with van der Waals surface area (Å²) in [7, 11) is 1.47. The van der Waals surface area contributed by atoms with Crippen LogP contribution in [0.3, 0.4) is 0 Å². The molecule has 174 valence electrons. The number of halogens is 2. The van der Waals surface area contributed by atoms with Gasteiger partial charge in [-0.3, -0.25) is 19.3 Å². The second kappa shape index (κ2) is 10.8. The third-order valence-electron chi connectivity index (χ3n) is 4.38. The molecule has 0 aromatic heterocycles. The van der Waals surface area contributed by atoms with Crippen molar-refractivity contribution in [1.82, 2.24) is 4.90 Å². The van der Waals surface area contributed by atoms with Crippen molar-refractivity contribution < 1.29 is 33.0 Å². The predicted octanol–water partition coefficient (Wildman–Crippen LogP) is 5.16. The number of carbonyl (C=O) groups excluding carboxylic acids is 3. The summed E-state index contributed by atoms with van der Waals surface area (Å²) in [6.07, 6.45) is 1.18. The number of nitrogens with zero attached hydrogens (tertiary/aromatic N) is 1. The zero-order valence-corrected chi connectivity index (χ0v) is 20.5. The molecular weight excluding hydrogens is 517 g/mol. The summed E-state index contributed by atoms with van der Waals surface area (Å²) in [5, 5.41) is -0.551. The number of carbonyl (C=O) groups is 3. The normalized spacial score (nSPS) is 14.8. The molecule has 1 aliphatic rings. The van der Waals surface area contributed by atoms with Crippen LogP contribution in [0.25, 0.3) is 6.08 Å². The first-order valence-electron chi connectivity index (χ1n) is 9.87. The molecule has 0 saturated carbocycles. The quantitative estimate of drug-likeness (QED) is 0.339. The fourth-order valence-corrected chi connectivity index (χ4v) is 4.19. The maximum Gasteiger partial charge on any atom is 0.326 e. The first-order valence-corrected chi connectivity index (χ1v) is 11.5. The molecular formula is C23H21BrFNO6S. The van der Waals surface area contributed by atoms with Gasteiger partial charge in [-0.15, -0.1) is 0 Å². The number of amides is 2. The van der Waals surface area contributed by atoms with Crippen LogP contribution in [0.4, 0.5) is 9.18 Å². The summed E-state index contributed by atoms with van der Waals surface area (Å²) in [5.74, 6) is -0.791. The van der Waals surface area contributed by atoms with Crippen molar-refractivity contribution in [1.29, 1.82) is 0 Å². The smallest absolute Gasteiger partial charge is 0.326 e. The van der Waals surface area contributed by atoms with E-state index in [1.165, 1.54) is 25.3 Å². The first-order chi connectivity index (χ1) is 15.7. The summed E-state index contributed by atoms with van der Waals surface area (Å²) >= 11 is 4.17. The lowest BCUT2D eigenvalue weighted by Crippen LogP contribution is -2.35. The predicted molar refractivity (Wildman–Crippen MR) is 125 cm³/mol. The number of thioether (sulfide) groups is 1. The number of ether oxygens (including phenoxy) is 3. The van der Waals surface area contributed by atoms with Crippen molar-refractivity contribution >= 4 is 50.9 Å². The molecule has 0 unspecified atom stereocenters. The van der Waals surface area contributed by atoms with E-state index >= 15 is 0 Å². The molecule has 1 heterocycles. The number of esters is 1. The van der Waals surface area contributed by atoms with Crippen molar-refractivity contribution in [2.24, 2.45) is 0 Å². The molecule has 2 amide bonds. The van der Waals surface area contributed by atoms with Crippen molar-refractivity contribution in [3.05, 3.63) is 62.7 Å². The Morgan fingerprint density at radius 3 is 2.64 bits per heavy atom. The van der Waals surface area contributed by atoms with E-state index in [1.807, 2.05) is 0 Å². The molecule has 0 aliphatic carbocycles. The molecule has 1 fully saturated rings. The molecule has 0 radical (unpaired) electrons. The van der Waals surface area contributed by atoms with E-state index in [-0.39, 0.29) is 23.4 Å². The average Bonchev–Trinajstić information content (AvgIpc) is 3.00. The number of hydrogen-bond acceptors (Lipinski definition) is 7. The molecule has 1 saturated heterocycles. The minimum atomic E-state index is -0.656. The van der Waals surface area contributed by atoms with E-state index in [0.29, 0.717) is 27.1 Å². The molecule has 33 heavy (non-hydrogen) atoms. The lowest BCUT2D eigenvalue weighted by molar-refractivity contribution is -0.149. The molecule has 0 N–H and O–H groups in total. The van der Waals surface area contributed by atoms with Crippen LogP contribution in [0.15, 0.2) is 45.8 Å². The summed E-state index contributed by atoms with van der Waals surface area (Å²) in [5.41, 5.74) is 1.22. The second-order valence-electron chi connectivity index (χ2n) is 7.25. The Kier molecular flexibility index (Phi) is 8.15. The van der Waals surface area contributed by atoms with Crippen LogP contribution in [0, 0.1) is 5.82 Å². The van der Waals surface area contributed by atoms with Gasteiger partial charge in [0, 0.05) is 4.47 Å². The molecule has 10 heteroatoms. The SMILES string of the molecule is COc1cc(/C=C2/SC(=O)N(CC(=O)OC(C)C)C2=O)c(Br)cc1OCc1cccc(F)c1. The zero-order valence-electron chi connectivity index (χ0n) is 18.1. The van der Waals surface area contributed by atoms with Crippen LogP contribution in [0.5, 0.6) is 11.5 Å². The van der Waals surface area contributed by atoms with E-state index in [4.69, 9.17) is 14.2 Å². The first kappa shape index (κ1) is 24.8. The van der Waals surface area contributed by atoms with Crippen molar-refractivity contribution in [3.63, 3.8) is 0 Å². The fraction of sp³-hybridized carbons (Fsp3) is 0.261. The van der Waals surface area contributed by atoms with Crippen LogP contribution in [0.2, 0.25) is 0 Å². The molecule has 1 aliphatic heterocycles. The minimum Gasteiger partial charge on any atom is -0.493 e. The topological polar surface area (TPSA) is 82.1 Å². The van der Waals surface area contributed by atoms with Crippen LogP contribution < -0.4 is 9.47 Å². The number of benzene rings is 2. The van der Waals surface area contributed by atoms with Gasteiger partial charge in [-0.1, -0.05) is 28.1 Å². The largest absolute Gasteiger partial charge is 0.493 e. The Morgan fingerprint density at radius 2 is 1.97 bits per heavy atom. The lowest BCUT2D eigenvalue weighted by Gasteiger charge is -2.14. The standard InChI is InChI=1S/C23H21BrFNO6S/c1-13(2)32-21(27)11-26-22(28)20(33-23(26)29)9-15-8-18(30-3)19(10-17(15)24)31-12-14-5-4-6-16(25)7-14/h4-10,13H,11-12H2,1-3H3/b20-9+. The van der Waals surface area contributed by atoms with Crippen molar-refractivity contribution in [2.45, 2.75) is 26.6 Å². The summed E-state index contributed by atoms with van der Waals surface area (Å²) < 4.78 is 30.2. The summed E-state index contributed by atoms with van der Waals surface area (Å²) in [6, 6.07) is 9.37. The second-order valence-corrected chi connectivity index (χ2v) is 9.10. The molecule has 0 spiro atoms. The monoisotopic (exact) mass is 537 g/mol. The Bertz CT molecular complexity index is 1120. The highest BCUT2D eigenvalue weighted by atomic mass is 79.9. The maximum atomic E-state index is 13.4. The van der Waals surface area contributed by atoms with Crippen LogP contribution in [-0.2, 0) is 20.9 Å². The highest BCUT2D eigenvalue weighted by Crippen LogP contribution is 2.38. The maximum absolute atomic E-state index is 13.4. The Morgan fingerprint density at radius 1 is 1.21 bits per heavy atom. The lowest BCUT2D eigenvalue weighted by atomic mass is 10.1. The number of methoxy groups -OCH3 is 1. The molecule has 2 aromatic rings. The van der Waals surface area contributed by atoms with E-state index in [2.05, 4.69) is 15.9 Å². The van der Waals surface area contributed by atoms with Crippen molar-refractivity contribution in [2.75, 3.05) is 13.7 Å². The highest BCUT2D eigenvalue weighted by Gasteiger charge is 2.37. The molecule has 0 atom stereocenters. The third kappa shape index (κ3) is 6.35. The van der Waals surface area contributed by atoms with Gasteiger partial charge in [0.05, 0.1) is 18.1 Å². The van der Waals surface area contributed by atoms with Crippen LogP contribution in [0.1, 0.15) is 25.0 Å². The summed E-state index contributed by atoms with van der Waals surface area (Å²) in [6.45, 7) is 3.05. The summed E-state index contributed by atoms with van der Waals surface area (Å²) in [4.78, 5) is 37.8. The molecule has 0 bridgehead atoms. The highest BCUT2D eigenvalue weighted by molar-refractivity contribution is 9.10. The molecule has 2 aromatic carbocycles. The third-order valence-corrected chi connectivity index (χ3v) is 5.98. The number of imide groups is 1. The number of rotatable bonds is 8. The van der Waals surface area contributed by atoms with Gasteiger partial charge in [-0.25, -0.2) is 4.39 Å². The van der Waals surface area contributed by atoms with Gasteiger partial charge in [0.2, 0.25) is 0 Å². The van der Waals surface area contributed by atoms with Gasteiger partial charge >= 0.3 is 5.97 Å². The molecule has 7 nitrogen and oxygen atoms in total. The van der Waals surface area contributed by atoms with Gasteiger partial charge in [-0.2, -0.15) is 0 Å². The van der Waals surface area contributed by atoms with Gasteiger partial charge in [-0.05, 0) is 67.1 Å². The zero-order chi connectivity index (χ0) is 24.1. The van der Waals surface area contributed by atoms with Gasteiger partial charge in [0.15, 0.2) is 11.5 Å². The van der Waals surface area contributed by atoms with Crippen molar-refractivity contribution in [3.8, 4) is 11.5 Å². The Balaban J connectivity index is 1.78. The van der Waals surface area contributed by atoms with E-state index < -0.39 is 23.7 Å². The van der Waals surface area contributed by atoms with E-state index in [1.54, 1.807) is 38.1 Å². The number of hydrogen-bond donors (Lipinski definition) is 0. The Labute approximate surface area is 203 Å². The minimum absolute atomic E-state index is 0.130.